The first-order chi connectivity index (χ1) is 10.6. The molecule has 2 aromatic carbocycles. The van der Waals surface area contributed by atoms with Crippen molar-refractivity contribution in [2.75, 3.05) is 10.6 Å². The van der Waals surface area contributed by atoms with Crippen LogP contribution in [0.5, 0.6) is 0 Å². The number of benzene rings is 2. The lowest BCUT2D eigenvalue weighted by molar-refractivity contribution is -0.117. The molecule has 1 aliphatic rings. The predicted octanol–water partition coefficient (Wildman–Crippen LogP) is 3.98. The van der Waals surface area contributed by atoms with E-state index < -0.39 is 0 Å². The van der Waals surface area contributed by atoms with Gasteiger partial charge in [-0.2, -0.15) is 0 Å². The van der Waals surface area contributed by atoms with E-state index in [-0.39, 0.29) is 17.6 Å². The summed E-state index contributed by atoms with van der Waals surface area (Å²) in [4.78, 5) is 22.9. The number of hydrogen-bond donors (Lipinski definition) is 2. The lowest BCUT2D eigenvalue weighted by Gasteiger charge is -2.09. The van der Waals surface area contributed by atoms with Gasteiger partial charge in [0, 0.05) is 28.5 Å². The molecule has 0 spiro atoms. The summed E-state index contributed by atoms with van der Waals surface area (Å²) in [5.41, 5.74) is 3.36. The zero-order valence-corrected chi connectivity index (χ0v) is 12.4. The SMILES string of the molecule is CC(=O)c1ccc(Nc2ccc(NC(=O)C3CC3)cc2)cc1. The first-order valence-corrected chi connectivity index (χ1v) is 7.41. The molecule has 1 aliphatic carbocycles. The molecule has 0 aliphatic heterocycles. The van der Waals surface area contributed by atoms with Gasteiger partial charge < -0.3 is 10.6 Å². The summed E-state index contributed by atoms with van der Waals surface area (Å²) < 4.78 is 0. The number of rotatable bonds is 5. The smallest absolute Gasteiger partial charge is 0.227 e. The lowest BCUT2D eigenvalue weighted by Crippen LogP contribution is -2.13. The Morgan fingerprint density at radius 2 is 1.36 bits per heavy atom. The van der Waals surface area contributed by atoms with Gasteiger partial charge in [0.15, 0.2) is 5.78 Å². The van der Waals surface area contributed by atoms with E-state index in [0.29, 0.717) is 5.56 Å². The fourth-order valence-corrected chi connectivity index (χ4v) is 2.18. The van der Waals surface area contributed by atoms with E-state index in [1.54, 1.807) is 19.1 Å². The molecule has 1 amide bonds. The molecule has 0 bridgehead atoms. The van der Waals surface area contributed by atoms with Crippen LogP contribution >= 0.6 is 0 Å². The van der Waals surface area contributed by atoms with Crippen molar-refractivity contribution in [3.8, 4) is 0 Å². The van der Waals surface area contributed by atoms with Crippen molar-refractivity contribution in [3.05, 3.63) is 54.1 Å². The maximum Gasteiger partial charge on any atom is 0.227 e. The molecule has 0 aromatic heterocycles. The molecule has 4 nitrogen and oxygen atoms in total. The van der Waals surface area contributed by atoms with Crippen LogP contribution in [-0.2, 0) is 4.79 Å². The van der Waals surface area contributed by atoms with Crippen molar-refractivity contribution in [1.29, 1.82) is 0 Å². The molecule has 0 heterocycles. The molecule has 2 N–H and O–H groups in total. The molecule has 0 radical (unpaired) electrons. The van der Waals surface area contributed by atoms with E-state index in [1.165, 1.54) is 0 Å². The van der Waals surface area contributed by atoms with Crippen LogP contribution in [0.3, 0.4) is 0 Å². The van der Waals surface area contributed by atoms with E-state index in [9.17, 15) is 9.59 Å². The average Bonchev–Trinajstić information content (AvgIpc) is 3.34. The third-order valence-corrected chi connectivity index (χ3v) is 3.68. The minimum Gasteiger partial charge on any atom is -0.356 e. The van der Waals surface area contributed by atoms with Crippen molar-refractivity contribution in [3.63, 3.8) is 0 Å². The number of Topliss-reactive ketones (excluding diaryl/α,β-unsaturated/α-hetero) is 1. The molecule has 0 saturated heterocycles. The first kappa shape index (κ1) is 14.3. The van der Waals surface area contributed by atoms with E-state index >= 15 is 0 Å². The van der Waals surface area contributed by atoms with Crippen LogP contribution in [0.15, 0.2) is 48.5 Å². The van der Waals surface area contributed by atoms with Gasteiger partial charge in [-0.15, -0.1) is 0 Å². The van der Waals surface area contributed by atoms with Gasteiger partial charge in [0.05, 0.1) is 0 Å². The van der Waals surface area contributed by atoms with Crippen LogP contribution in [0.25, 0.3) is 0 Å². The highest BCUT2D eigenvalue weighted by atomic mass is 16.2. The normalized spacial score (nSPS) is 13.5. The highest BCUT2D eigenvalue weighted by Gasteiger charge is 2.29. The summed E-state index contributed by atoms with van der Waals surface area (Å²) in [6.45, 7) is 1.55. The topological polar surface area (TPSA) is 58.2 Å². The van der Waals surface area contributed by atoms with Crippen molar-refractivity contribution in [2.45, 2.75) is 19.8 Å². The average molecular weight is 294 g/mol. The zero-order chi connectivity index (χ0) is 15.5. The quantitative estimate of drug-likeness (QED) is 0.820. The van der Waals surface area contributed by atoms with Crippen molar-refractivity contribution in [1.82, 2.24) is 0 Å². The minimum absolute atomic E-state index is 0.0577. The molecular formula is C18H18N2O2. The van der Waals surface area contributed by atoms with Gasteiger partial charge in [-0.3, -0.25) is 9.59 Å². The predicted molar refractivity (Wildman–Crippen MR) is 87.5 cm³/mol. The summed E-state index contributed by atoms with van der Waals surface area (Å²) in [6.07, 6.45) is 2.00. The number of hydrogen-bond acceptors (Lipinski definition) is 3. The molecular weight excluding hydrogens is 276 g/mol. The highest BCUT2D eigenvalue weighted by molar-refractivity contribution is 5.95. The Bertz CT molecular complexity index is 686. The van der Waals surface area contributed by atoms with Crippen LogP contribution in [0.2, 0.25) is 0 Å². The summed E-state index contributed by atoms with van der Waals surface area (Å²) in [5.74, 6) is 0.375. The number of carbonyl (C=O) groups excluding carboxylic acids is 2. The Hall–Kier alpha value is -2.62. The molecule has 22 heavy (non-hydrogen) atoms. The highest BCUT2D eigenvalue weighted by Crippen LogP contribution is 2.30. The number of anilines is 3. The van der Waals surface area contributed by atoms with Crippen LogP contribution in [0, 0.1) is 5.92 Å². The molecule has 4 heteroatoms. The first-order valence-electron chi connectivity index (χ1n) is 7.41. The molecule has 1 saturated carbocycles. The van der Waals surface area contributed by atoms with Gasteiger partial charge in [-0.1, -0.05) is 0 Å². The van der Waals surface area contributed by atoms with Gasteiger partial charge in [-0.05, 0) is 68.3 Å². The largest absolute Gasteiger partial charge is 0.356 e. The minimum atomic E-state index is 0.0577. The number of amides is 1. The molecule has 1 fully saturated rings. The van der Waals surface area contributed by atoms with Gasteiger partial charge in [0.25, 0.3) is 0 Å². The third-order valence-electron chi connectivity index (χ3n) is 3.68. The molecule has 3 rings (SSSR count). The Morgan fingerprint density at radius 3 is 1.86 bits per heavy atom. The van der Waals surface area contributed by atoms with Crippen LogP contribution in [0.4, 0.5) is 17.1 Å². The Balaban J connectivity index is 1.62. The Morgan fingerprint density at radius 1 is 0.864 bits per heavy atom. The number of nitrogens with one attached hydrogen (secondary N) is 2. The monoisotopic (exact) mass is 294 g/mol. The Labute approximate surface area is 129 Å². The van der Waals surface area contributed by atoms with Crippen LogP contribution in [-0.4, -0.2) is 11.7 Å². The third kappa shape index (κ3) is 3.52. The van der Waals surface area contributed by atoms with Gasteiger partial charge in [-0.25, -0.2) is 0 Å². The summed E-state index contributed by atoms with van der Waals surface area (Å²) in [6, 6.07) is 14.9. The zero-order valence-electron chi connectivity index (χ0n) is 12.4. The van der Waals surface area contributed by atoms with E-state index in [4.69, 9.17) is 0 Å². The maximum atomic E-state index is 11.7. The summed E-state index contributed by atoms with van der Waals surface area (Å²) in [5, 5.41) is 6.17. The second-order valence-electron chi connectivity index (χ2n) is 5.60. The van der Waals surface area contributed by atoms with E-state index in [2.05, 4.69) is 10.6 Å². The van der Waals surface area contributed by atoms with Gasteiger partial charge in [0.1, 0.15) is 0 Å². The van der Waals surface area contributed by atoms with Gasteiger partial charge >= 0.3 is 0 Å². The number of carbonyl (C=O) groups is 2. The fraction of sp³-hybridized carbons (Fsp3) is 0.222. The lowest BCUT2D eigenvalue weighted by atomic mass is 10.1. The summed E-state index contributed by atoms with van der Waals surface area (Å²) in [7, 11) is 0. The van der Waals surface area contributed by atoms with E-state index in [0.717, 1.165) is 29.9 Å². The van der Waals surface area contributed by atoms with Crippen LogP contribution < -0.4 is 10.6 Å². The molecule has 0 atom stereocenters. The maximum absolute atomic E-state index is 11.7. The Kier molecular flexibility index (Phi) is 3.92. The molecule has 0 unspecified atom stereocenters. The van der Waals surface area contributed by atoms with Crippen molar-refractivity contribution in [2.24, 2.45) is 5.92 Å². The second-order valence-corrected chi connectivity index (χ2v) is 5.60. The summed E-state index contributed by atoms with van der Waals surface area (Å²) >= 11 is 0. The van der Waals surface area contributed by atoms with Crippen LogP contribution in [0.1, 0.15) is 30.1 Å². The van der Waals surface area contributed by atoms with Crippen molar-refractivity contribution < 1.29 is 9.59 Å². The second kappa shape index (κ2) is 6.02. The van der Waals surface area contributed by atoms with E-state index in [1.807, 2.05) is 36.4 Å². The number of ketones is 1. The molecule has 112 valence electrons. The van der Waals surface area contributed by atoms with Gasteiger partial charge in [0.2, 0.25) is 5.91 Å². The molecule has 2 aromatic rings. The standard InChI is InChI=1S/C18H18N2O2/c1-12(21)13-4-6-15(7-5-13)19-16-8-10-17(11-9-16)20-18(22)14-2-3-14/h4-11,14,19H,2-3H2,1H3,(H,20,22). The van der Waals surface area contributed by atoms with Crippen molar-refractivity contribution >= 4 is 28.8 Å². The fourth-order valence-electron chi connectivity index (χ4n) is 2.18.